The maximum atomic E-state index is 12.2. The number of fused-ring (bicyclic) bond motifs is 2. The lowest BCUT2D eigenvalue weighted by molar-refractivity contribution is 0.0987. The Morgan fingerprint density at radius 3 is 2.67 bits per heavy atom. The first-order valence-electron chi connectivity index (χ1n) is 10.7. The van der Waals surface area contributed by atoms with Crippen molar-refractivity contribution >= 4 is 28.6 Å². The van der Waals surface area contributed by atoms with Crippen LogP contribution < -0.4 is 20.7 Å². The van der Waals surface area contributed by atoms with Crippen LogP contribution in [0.5, 0.6) is 5.75 Å². The van der Waals surface area contributed by atoms with Crippen molar-refractivity contribution in [3.63, 3.8) is 0 Å². The molecule has 3 N–H and O–H groups in total. The van der Waals surface area contributed by atoms with Gasteiger partial charge in [0.15, 0.2) is 0 Å². The topological polar surface area (TPSA) is 107 Å². The Labute approximate surface area is 173 Å². The molecule has 30 heavy (non-hydrogen) atoms. The SMILES string of the molecule is NC(=O)c1cc2ccnc(N3CC4NC(=O)OC4C3)c2cc1OC(C1CC1)C1CC1. The van der Waals surface area contributed by atoms with Gasteiger partial charge in [-0.1, -0.05) is 0 Å². The number of benzene rings is 1. The van der Waals surface area contributed by atoms with E-state index in [0.717, 1.165) is 16.6 Å². The summed E-state index contributed by atoms with van der Waals surface area (Å²) in [7, 11) is 0. The van der Waals surface area contributed by atoms with Gasteiger partial charge in [-0.15, -0.1) is 0 Å². The van der Waals surface area contributed by atoms with Gasteiger partial charge in [-0.05, 0) is 61.1 Å². The van der Waals surface area contributed by atoms with E-state index in [1.54, 1.807) is 6.20 Å². The molecule has 2 aliphatic carbocycles. The normalized spacial score (nSPS) is 25.4. The molecule has 8 nitrogen and oxygen atoms in total. The fourth-order valence-electron chi connectivity index (χ4n) is 4.83. The maximum Gasteiger partial charge on any atom is 0.407 e. The number of ether oxygens (including phenoxy) is 2. The van der Waals surface area contributed by atoms with E-state index in [4.69, 9.17) is 15.2 Å². The first-order valence-corrected chi connectivity index (χ1v) is 10.7. The minimum absolute atomic E-state index is 0.0377. The number of amides is 2. The molecular formula is C22H24N4O4. The summed E-state index contributed by atoms with van der Waals surface area (Å²) in [6.45, 7) is 1.21. The minimum atomic E-state index is -0.484. The number of aromatic nitrogens is 1. The van der Waals surface area contributed by atoms with Crippen LogP contribution in [0.1, 0.15) is 36.0 Å². The molecule has 2 unspecified atom stereocenters. The van der Waals surface area contributed by atoms with Crippen LogP contribution in [-0.4, -0.2) is 48.3 Å². The number of carbonyl (C=O) groups excluding carboxylic acids is 2. The summed E-state index contributed by atoms with van der Waals surface area (Å²) >= 11 is 0. The average Bonchev–Trinajstić information content (AvgIpc) is 3.63. The molecule has 1 aromatic heterocycles. The van der Waals surface area contributed by atoms with Crippen molar-refractivity contribution in [1.29, 1.82) is 0 Å². The number of hydrogen-bond donors (Lipinski definition) is 2. The second-order valence-electron chi connectivity index (χ2n) is 8.93. The number of primary amides is 1. The summed E-state index contributed by atoms with van der Waals surface area (Å²) in [5, 5.41) is 4.65. The van der Waals surface area contributed by atoms with Crippen LogP contribution >= 0.6 is 0 Å². The molecule has 6 rings (SSSR count). The van der Waals surface area contributed by atoms with Gasteiger partial charge in [0.05, 0.1) is 18.2 Å². The van der Waals surface area contributed by atoms with Crippen molar-refractivity contribution in [2.45, 2.75) is 43.9 Å². The van der Waals surface area contributed by atoms with Crippen molar-refractivity contribution in [2.75, 3.05) is 18.0 Å². The third-order valence-electron chi connectivity index (χ3n) is 6.67. The van der Waals surface area contributed by atoms with E-state index >= 15 is 0 Å². The van der Waals surface area contributed by atoms with Crippen molar-refractivity contribution in [3.8, 4) is 5.75 Å². The highest BCUT2D eigenvalue weighted by Crippen LogP contribution is 2.47. The van der Waals surface area contributed by atoms with Crippen LogP contribution in [0.25, 0.3) is 10.8 Å². The van der Waals surface area contributed by atoms with Crippen LogP contribution in [-0.2, 0) is 4.74 Å². The van der Waals surface area contributed by atoms with Crippen molar-refractivity contribution in [2.24, 2.45) is 17.6 Å². The number of rotatable bonds is 6. The summed E-state index contributed by atoms with van der Waals surface area (Å²) in [4.78, 5) is 30.4. The van der Waals surface area contributed by atoms with E-state index in [2.05, 4.69) is 15.2 Å². The molecule has 3 heterocycles. The van der Waals surface area contributed by atoms with Crippen LogP contribution in [0.2, 0.25) is 0 Å². The molecule has 4 aliphatic rings. The number of hydrogen-bond acceptors (Lipinski definition) is 6. The van der Waals surface area contributed by atoms with Gasteiger partial charge in [0.1, 0.15) is 23.8 Å². The van der Waals surface area contributed by atoms with E-state index in [9.17, 15) is 9.59 Å². The van der Waals surface area contributed by atoms with E-state index in [1.807, 2.05) is 18.2 Å². The molecule has 156 valence electrons. The summed E-state index contributed by atoms with van der Waals surface area (Å²) in [5.41, 5.74) is 6.11. The van der Waals surface area contributed by atoms with Gasteiger partial charge in [0.25, 0.3) is 5.91 Å². The summed E-state index contributed by atoms with van der Waals surface area (Å²) in [6.07, 6.45) is 6.12. The standard InChI is InChI=1S/C22H24N4O4/c23-20(27)15-7-13-5-6-24-21(26-9-16-18(10-26)30-22(28)25-16)14(13)8-17(15)29-19(11-1-2-11)12-3-4-12/h5-8,11-12,16,18-19H,1-4,9-10H2,(H2,23,27)(H,25,28). The molecule has 0 spiro atoms. The molecule has 2 saturated carbocycles. The van der Waals surface area contributed by atoms with E-state index in [1.165, 1.54) is 25.7 Å². The Morgan fingerprint density at radius 2 is 2.00 bits per heavy atom. The summed E-state index contributed by atoms with van der Waals surface area (Å²) in [5.74, 6) is 2.04. The molecule has 4 fully saturated rings. The van der Waals surface area contributed by atoms with Gasteiger partial charge >= 0.3 is 6.09 Å². The van der Waals surface area contributed by atoms with Gasteiger partial charge in [0, 0.05) is 18.1 Å². The summed E-state index contributed by atoms with van der Waals surface area (Å²) < 4.78 is 11.8. The van der Waals surface area contributed by atoms with Crippen molar-refractivity contribution in [3.05, 3.63) is 30.0 Å². The number of nitrogens with two attached hydrogens (primary N) is 1. The van der Waals surface area contributed by atoms with Crippen molar-refractivity contribution < 1.29 is 19.1 Å². The first kappa shape index (κ1) is 17.8. The minimum Gasteiger partial charge on any atom is -0.489 e. The maximum absolute atomic E-state index is 12.2. The number of anilines is 1. The summed E-state index contributed by atoms with van der Waals surface area (Å²) in [6, 6.07) is 5.57. The van der Waals surface area contributed by atoms with Crippen LogP contribution in [0.15, 0.2) is 24.4 Å². The molecule has 8 heteroatoms. The zero-order valence-electron chi connectivity index (χ0n) is 16.5. The van der Waals surface area contributed by atoms with Crippen molar-refractivity contribution in [1.82, 2.24) is 10.3 Å². The lowest BCUT2D eigenvalue weighted by Gasteiger charge is -2.23. The molecular weight excluding hydrogens is 384 g/mol. The van der Waals surface area contributed by atoms with Gasteiger partial charge in [0.2, 0.25) is 0 Å². The Bertz CT molecular complexity index is 1020. The lowest BCUT2D eigenvalue weighted by Crippen LogP contribution is -2.32. The zero-order valence-corrected chi connectivity index (χ0v) is 16.5. The third-order valence-corrected chi connectivity index (χ3v) is 6.67. The van der Waals surface area contributed by atoms with E-state index < -0.39 is 5.91 Å². The van der Waals surface area contributed by atoms with Gasteiger partial charge in [-0.2, -0.15) is 0 Å². The molecule has 2 atom stereocenters. The van der Waals surface area contributed by atoms with Gasteiger partial charge in [-0.25, -0.2) is 9.78 Å². The number of nitrogens with zero attached hydrogens (tertiary/aromatic N) is 2. The van der Waals surface area contributed by atoms with Crippen LogP contribution in [0.3, 0.4) is 0 Å². The lowest BCUT2D eigenvalue weighted by atomic mass is 10.0. The predicted molar refractivity (Wildman–Crippen MR) is 110 cm³/mol. The quantitative estimate of drug-likeness (QED) is 0.759. The third kappa shape index (κ3) is 3.02. The average molecular weight is 408 g/mol. The Kier molecular flexibility index (Phi) is 3.85. The highest BCUT2D eigenvalue weighted by atomic mass is 16.6. The number of nitrogens with one attached hydrogen (secondary N) is 1. The number of alkyl carbamates (subject to hydrolysis) is 1. The second kappa shape index (κ2) is 6.48. The number of pyridine rings is 1. The molecule has 0 bridgehead atoms. The molecule has 1 aromatic carbocycles. The fraction of sp³-hybridized carbons (Fsp3) is 0.500. The van der Waals surface area contributed by atoms with Gasteiger partial charge < -0.3 is 25.4 Å². The largest absolute Gasteiger partial charge is 0.489 e. The Morgan fingerprint density at radius 1 is 1.23 bits per heavy atom. The second-order valence-corrected chi connectivity index (χ2v) is 8.93. The molecule has 2 aliphatic heterocycles. The van der Waals surface area contributed by atoms with Gasteiger partial charge in [-0.3, -0.25) is 4.79 Å². The predicted octanol–water partition coefficient (Wildman–Crippen LogP) is 2.20. The molecule has 2 aromatic rings. The fourth-order valence-corrected chi connectivity index (χ4v) is 4.83. The van der Waals surface area contributed by atoms with E-state index in [0.29, 0.717) is 36.2 Å². The highest BCUT2D eigenvalue weighted by molar-refractivity contribution is 6.03. The molecule has 0 radical (unpaired) electrons. The van der Waals surface area contributed by atoms with E-state index in [-0.39, 0.29) is 24.3 Å². The smallest absolute Gasteiger partial charge is 0.407 e. The Hall–Kier alpha value is -3.03. The monoisotopic (exact) mass is 408 g/mol. The Balaban J connectivity index is 1.38. The van der Waals surface area contributed by atoms with Crippen LogP contribution in [0, 0.1) is 11.8 Å². The molecule has 2 amide bonds. The first-order chi connectivity index (χ1) is 14.6. The number of carbonyl (C=O) groups is 2. The highest BCUT2D eigenvalue weighted by Gasteiger charge is 2.44. The zero-order chi connectivity index (χ0) is 20.4. The molecule has 2 saturated heterocycles. The van der Waals surface area contributed by atoms with Crippen LogP contribution in [0.4, 0.5) is 10.6 Å².